The van der Waals surface area contributed by atoms with E-state index < -0.39 is 0 Å². The van der Waals surface area contributed by atoms with Crippen molar-refractivity contribution in [2.75, 3.05) is 7.11 Å². The number of ether oxygens (including phenoxy) is 1. The Hall–Kier alpha value is -3.27. The van der Waals surface area contributed by atoms with Gasteiger partial charge in [0.25, 0.3) is 0 Å². The molecule has 1 saturated carbocycles. The second kappa shape index (κ2) is 6.96. The Bertz CT molecular complexity index is 1220. The molecule has 0 radical (unpaired) electrons. The predicted molar refractivity (Wildman–Crippen MR) is 117 cm³/mol. The molecule has 5 rings (SSSR count). The van der Waals surface area contributed by atoms with Gasteiger partial charge in [-0.15, -0.1) is 0 Å². The molecule has 3 aromatic carbocycles. The first-order valence-electron chi connectivity index (χ1n) is 10.1. The maximum absolute atomic E-state index is 12.1. The van der Waals surface area contributed by atoms with Gasteiger partial charge in [0, 0.05) is 33.9 Å². The lowest BCUT2D eigenvalue weighted by Crippen LogP contribution is -2.18. The summed E-state index contributed by atoms with van der Waals surface area (Å²) in [6.45, 7) is 0.980. The van der Waals surface area contributed by atoms with Crippen LogP contribution in [0.2, 0.25) is 0 Å². The molecule has 4 aromatic rings. The molecule has 0 saturated heterocycles. The van der Waals surface area contributed by atoms with Crippen molar-refractivity contribution in [2.45, 2.75) is 25.8 Å². The number of aromatic nitrogens is 1. The molecule has 4 nitrogen and oxygen atoms in total. The van der Waals surface area contributed by atoms with Crippen LogP contribution >= 0.6 is 0 Å². The average Bonchev–Trinajstić information content (AvgIpc) is 3.03. The highest BCUT2D eigenvalue weighted by molar-refractivity contribution is 6.18. The Morgan fingerprint density at radius 2 is 1.79 bits per heavy atom. The topological polar surface area (TPSA) is 57.2 Å². The van der Waals surface area contributed by atoms with E-state index in [1.165, 1.54) is 19.3 Å². The van der Waals surface area contributed by atoms with Gasteiger partial charge < -0.3 is 15.0 Å². The first kappa shape index (κ1) is 17.8. The molecule has 0 aliphatic heterocycles. The minimum Gasteiger partial charge on any atom is -0.497 e. The van der Waals surface area contributed by atoms with Crippen LogP contribution in [0.25, 0.3) is 32.9 Å². The largest absolute Gasteiger partial charge is 0.497 e. The fourth-order valence-corrected chi connectivity index (χ4v) is 4.44. The number of fused-ring (bicyclic) bond motifs is 3. The lowest BCUT2D eigenvalue weighted by molar-refractivity contribution is 0.100. The molecule has 0 unspecified atom stereocenters. The summed E-state index contributed by atoms with van der Waals surface area (Å²) in [4.78, 5) is 12.1. The minimum atomic E-state index is -0.377. The van der Waals surface area contributed by atoms with Crippen LogP contribution in [-0.4, -0.2) is 17.6 Å². The van der Waals surface area contributed by atoms with Crippen molar-refractivity contribution >= 4 is 27.7 Å². The average molecular weight is 384 g/mol. The van der Waals surface area contributed by atoms with Crippen LogP contribution in [0, 0.1) is 5.92 Å². The monoisotopic (exact) mass is 384 g/mol. The third kappa shape index (κ3) is 2.96. The number of nitrogens with zero attached hydrogens (tertiary/aromatic N) is 1. The van der Waals surface area contributed by atoms with Crippen LogP contribution < -0.4 is 10.5 Å². The van der Waals surface area contributed by atoms with E-state index >= 15 is 0 Å². The van der Waals surface area contributed by atoms with Gasteiger partial charge in [-0.3, -0.25) is 4.79 Å². The fraction of sp³-hybridized carbons (Fsp3) is 0.240. The summed E-state index contributed by atoms with van der Waals surface area (Å²) < 4.78 is 7.67. The van der Waals surface area contributed by atoms with Crippen molar-refractivity contribution in [3.05, 3.63) is 66.2 Å². The Balaban J connectivity index is 1.74. The van der Waals surface area contributed by atoms with Crippen LogP contribution in [0.3, 0.4) is 0 Å². The van der Waals surface area contributed by atoms with Gasteiger partial charge in [-0.05, 0) is 60.2 Å². The Labute approximate surface area is 169 Å². The second-order valence-corrected chi connectivity index (χ2v) is 7.93. The van der Waals surface area contributed by atoms with Crippen molar-refractivity contribution in [3.63, 3.8) is 0 Å². The molecule has 1 aliphatic rings. The van der Waals surface area contributed by atoms with E-state index in [9.17, 15) is 4.79 Å². The number of carbonyl (C=O) groups is 1. The summed E-state index contributed by atoms with van der Waals surface area (Å²) in [5, 5.41) is 2.06. The van der Waals surface area contributed by atoms with Crippen molar-refractivity contribution < 1.29 is 9.53 Å². The summed E-state index contributed by atoms with van der Waals surface area (Å²) >= 11 is 0. The highest BCUT2D eigenvalue weighted by Gasteiger charge is 2.22. The maximum atomic E-state index is 12.1. The van der Waals surface area contributed by atoms with E-state index in [1.807, 2.05) is 24.3 Å². The van der Waals surface area contributed by atoms with E-state index in [4.69, 9.17) is 10.5 Å². The van der Waals surface area contributed by atoms with Gasteiger partial charge in [-0.1, -0.05) is 36.8 Å². The zero-order valence-corrected chi connectivity index (χ0v) is 16.5. The predicted octanol–water partition coefficient (Wildman–Crippen LogP) is 5.37. The third-order valence-corrected chi connectivity index (χ3v) is 6.25. The zero-order chi connectivity index (χ0) is 20.0. The van der Waals surface area contributed by atoms with Gasteiger partial charge in [0.1, 0.15) is 5.75 Å². The molecule has 1 aromatic heterocycles. The lowest BCUT2D eigenvalue weighted by atomic mass is 9.85. The standard InChI is InChI=1S/C25H24N2O2/c1-29-19-11-8-17(9-12-19)18-10-13-20-23(14-18)27(15-16-4-2-5-16)22-7-3-6-21(24(20)22)25(26)28/h3,6-14,16H,2,4-5,15H2,1H3,(H2,26,28). The number of nitrogens with two attached hydrogens (primary N) is 1. The van der Waals surface area contributed by atoms with E-state index in [-0.39, 0.29) is 5.91 Å². The molecular formula is C25H24N2O2. The van der Waals surface area contributed by atoms with Crippen LogP contribution in [-0.2, 0) is 6.54 Å². The molecule has 146 valence electrons. The van der Waals surface area contributed by atoms with Gasteiger partial charge in [-0.25, -0.2) is 0 Å². The lowest BCUT2D eigenvalue weighted by Gasteiger charge is -2.26. The smallest absolute Gasteiger partial charge is 0.249 e. The first-order chi connectivity index (χ1) is 14.2. The maximum Gasteiger partial charge on any atom is 0.249 e. The van der Waals surface area contributed by atoms with Crippen LogP contribution in [0.5, 0.6) is 5.75 Å². The first-order valence-corrected chi connectivity index (χ1v) is 10.1. The summed E-state index contributed by atoms with van der Waals surface area (Å²) in [7, 11) is 1.68. The molecule has 1 heterocycles. The van der Waals surface area contributed by atoms with Crippen molar-refractivity contribution in [2.24, 2.45) is 11.7 Å². The number of primary amides is 1. The van der Waals surface area contributed by atoms with Crippen molar-refractivity contribution in [1.82, 2.24) is 4.57 Å². The summed E-state index contributed by atoms with van der Waals surface area (Å²) in [5.41, 5.74) is 10.8. The van der Waals surface area contributed by atoms with Crippen LogP contribution in [0.4, 0.5) is 0 Å². The molecule has 0 bridgehead atoms. The van der Waals surface area contributed by atoms with Gasteiger partial charge in [0.15, 0.2) is 0 Å². The Morgan fingerprint density at radius 1 is 1.03 bits per heavy atom. The second-order valence-electron chi connectivity index (χ2n) is 7.93. The van der Waals surface area contributed by atoms with E-state index in [0.29, 0.717) is 11.5 Å². The summed E-state index contributed by atoms with van der Waals surface area (Å²) in [6.07, 6.45) is 3.86. The molecule has 4 heteroatoms. The number of hydrogen-bond donors (Lipinski definition) is 1. The quantitative estimate of drug-likeness (QED) is 0.503. The normalized spacial score (nSPS) is 14.2. The van der Waals surface area contributed by atoms with Gasteiger partial charge in [0.05, 0.1) is 7.11 Å². The minimum absolute atomic E-state index is 0.377. The molecular weight excluding hydrogens is 360 g/mol. The number of hydrogen-bond acceptors (Lipinski definition) is 2. The number of benzene rings is 3. The molecule has 1 amide bonds. The fourth-order valence-electron chi connectivity index (χ4n) is 4.44. The number of amides is 1. The molecule has 1 aliphatic carbocycles. The highest BCUT2D eigenvalue weighted by Crippen LogP contribution is 2.37. The molecule has 2 N–H and O–H groups in total. The Kier molecular flexibility index (Phi) is 4.27. The third-order valence-electron chi connectivity index (χ3n) is 6.25. The van der Waals surface area contributed by atoms with Gasteiger partial charge >= 0.3 is 0 Å². The molecule has 0 atom stereocenters. The molecule has 1 fully saturated rings. The molecule has 29 heavy (non-hydrogen) atoms. The van der Waals surface area contributed by atoms with Gasteiger partial charge in [0.2, 0.25) is 5.91 Å². The Morgan fingerprint density at radius 3 is 2.45 bits per heavy atom. The number of carbonyl (C=O) groups excluding carboxylic acids is 1. The summed E-state index contributed by atoms with van der Waals surface area (Å²) in [6, 6.07) is 20.5. The van der Waals surface area contributed by atoms with Crippen LogP contribution in [0.15, 0.2) is 60.7 Å². The summed E-state index contributed by atoms with van der Waals surface area (Å²) in [5.74, 6) is 1.17. The highest BCUT2D eigenvalue weighted by atomic mass is 16.5. The van der Waals surface area contributed by atoms with E-state index in [1.54, 1.807) is 7.11 Å². The SMILES string of the molecule is COc1ccc(-c2ccc3c4c(C(N)=O)cccc4n(CC4CCC4)c3c2)cc1. The number of methoxy groups -OCH3 is 1. The van der Waals surface area contributed by atoms with Crippen molar-refractivity contribution in [1.29, 1.82) is 0 Å². The number of rotatable bonds is 5. The molecule has 0 spiro atoms. The van der Waals surface area contributed by atoms with E-state index in [2.05, 4.69) is 41.0 Å². The van der Waals surface area contributed by atoms with Crippen molar-refractivity contribution in [3.8, 4) is 16.9 Å². The van der Waals surface area contributed by atoms with E-state index in [0.717, 1.165) is 45.2 Å². The van der Waals surface area contributed by atoms with Gasteiger partial charge in [-0.2, -0.15) is 0 Å². The zero-order valence-electron chi connectivity index (χ0n) is 16.5. The van der Waals surface area contributed by atoms with Crippen LogP contribution in [0.1, 0.15) is 29.6 Å².